The fourth-order valence-corrected chi connectivity index (χ4v) is 1.89. The first-order valence-corrected chi connectivity index (χ1v) is 5.91. The second kappa shape index (κ2) is 4.92. The predicted molar refractivity (Wildman–Crippen MR) is 59.1 cm³/mol. The van der Waals surface area contributed by atoms with Crippen LogP contribution in [0.2, 0.25) is 0 Å². The quantitative estimate of drug-likeness (QED) is 0.638. The lowest BCUT2D eigenvalue weighted by atomic mass is 9.89. The third kappa shape index (κ3) is 3.09. The smallest absolute Gasteiger partial charge is 0.152 e. The molecule has 2 N–H and O–H groups in total. The minimum atomic E-state index is -0.522. The summed E-state index contributed by atoms with van der Waals surface area (Å²) in [5, 5.41) is 0. The van der Waals surface area contributed by atoms with Crippen LogP contribution < -0.4 is 5.73 Å². The predicted octanol–water partition coefficient (Wildman–Crippen LogP) is 2.65. The van der Waals surface area contributed by atoms with Crippen LogP contribution in [-0.4, -0.2) is 11.3 Å². The number of nitrogens with two attached hydrogens (primary N) is 1. The molecule has 1 rings (SSSR count). The monoisotopic (exact) mass is 197 g/mol. The van der Waals surface area contributed by atoms with Crippen LogP contribution in [0, 0.1) is 5.92 Å². The lowest BCUT2D eigenvalue weighted by molar-refractivity contribution is -0.124. The zero-order valence-electron chi connectivity index (χ0n) is 9.51. The first kappa shape index (κ1) is 11.7. The molecule has 82 valence electrons. The normalized spacial score (nSPS) is 20.5. The molecule has 0 aromatic carbocycles. The van der Waals surface area contributed by atoms with E-state index in [0.29, 0.717) is 12.3 Å². The van der Waals surface area contributed by atoms with E-state index in [-0.39, 0.29) is 5.78 Å². The van der Waals surface area contributed by atoms with Gasteiger partial charge in [-0.3, -0.25) is 4.79 Å². The molecular formula is C12H23NO. The van der Waals surface area contributed by atoms with E-state index in [9.17, 15) is 4.79 Å². The van der Waals surface area contributed by atoms with Crippen molar-refractivity contribution in [2.75, 3.05) is 0 Å². The molecular weight excluding hydrogens is 174 g/mol. The second-order valence-electron chi connectivity index (χ2n) is 4.79. The molecule has 0 radical (unpaired) electrons. The Balaban J connectivity index is 2.20. The van der Waals surface area contributed by atoms with Crippen molar-refractivity contribution in [3.8, 4) is 0 Å². The number of unbranched alkanes of at least 4 members (excludes halogenated alkanes) is 3. The van der Waals surface area contributed by atoms with Crippen molar-refractivity contribution in [3.05, 3.63) is 0 Å². The number of hydrogen-bond acceptors (Lipinski definition) is 2. The Morgan fingerprint density at radius 3 is 2.50 bits per heavy atom. The van der Waals surface area contributed by atoms with Gasteiger partial charge in [-0.05, 0) is 32.1 Å². The van der Waals surface area contributed by atoms with Gasteiger partial charge in [-0.1, -0.05) is 26.2 Å². The topological polar surface area (TPSA) is 43.1 Å². The molecule has 2 nitrogen and oxygen atoms in total. The average Bonchev–Trinajstić information content (AvgIpc) is 2.94. The molecule has 1 atom stereocenters. The molecule has 2 heteroatoms. The largest absolute Gasteiger partial charge is 0.319 e. The van der Waals surface area contributed by atoms with Gasteiger partial charge in [-0.25, -0.2) is 0 Å². The van der Waals surface area contributed by atoms with Crippen LogP contribution in [0.3, 0.4) is 0 Å². The Bertz CT molecular complexity index is 194. The van der Waals surface area contributed by atoms with Gasteiger partial charge < -0.3 is 5.73 Å². The van der Waals surface area contributed by atoms with Gasteiger partial charge in [0.1, 0.15) is 0 Å². The van der Waals surface area contributed by atoms with E-state index < -0.39 is 5.54 Å². The molecule has 0 aromatic rings. The molecule has 14 heavy (non-hydrogen) atoms. The van der Waals surface area contributed by atoms with Crippen LogP contribution in [0.5, 0.6) is 0 Å². The van der Waals surface area contributed by atoms with Crippen LogP contribution in [0.25, 0.3) is 0 Å². The SMILES string of the molecule is CCCCCCC(=O)C(C)(N)C1CC1. The molecule has 0 aromatic heterocycles. The fraction of sp³-hybridized carbons (Fsp3) is 0.917. The highest BCUT2D eigenvalue weighted by atomic mass is 16.1. The van der Waals surface area contributed by atoms with Gasteiger partial charge in [0.15, 0.2) is 5.78 Å². The van der Waals surface area contributed by atoms with Crippen molar-refractivity contribution in [3.63, 3.8) is 0 Å². The van der Waals surface area contributed by atoms with E-state index in [1.54, 1.807) is 0 Å². The summed E-state index contributed by atoms with van der Waals surface area (Å²) in [6.07, 6.45) is 7.62. The maximum atomic E-state index is 11.8. The van der Waals surface area contributed by atoms with E-state index in [0.717, 1.165) is 19.3 Å². The van der Waals surface area contributed by atoms with E-state index >= 15 is 0 Å². The lowest BCUT2D eigenvalue weighted by Crippen LogP contribution is -2.46. The second-order valence-corrected chi connectivity index (χ2v) is 4.79. The average molecular weight is 197 g/mol. The van der Waals surface area contributed by atoms with Gasteiger partial charge in [0.25, 0.3) is 0 Å². The Labute approximate surface area is 87.2 Å². The van der Waals surface area contributed by atoms with Gasteiger partial charge in [0.05, 0.1) is 5.54 Å². The Morgan fingerprint density at radius 1 is 1.36 bits per heavy atom. The number of carbonyl (C=O) groups is 1. The molecule has 0 spiro atoms. The molecule has 0 amide bonds. The third-order valence-electron chi connectivity index (χ3n) is 3.28. The van der Waals surface area contributed by atoms with Crippen LogP contribution in [0.4, 0.5) is 0 Å². The molecule has 1 unspecified atom stereocenters. The van der Waals surface area contributed by atoms with Crippen molar-refractivity contribution in [1.29, 1.82) is 0 Å². The highest BCUT2D eigenvalue weighted by molar-refractivity contribution is 5.88. The summed E-state index contributed by atoms with van der Waals surface area (Å²) in [6.45, 7) is 4.09. The van der Waals surface area contributed by atoms with Crippen LogP contribution in [0.1, 0.15) is 58.8 Å². The van der Waals surface area contributed by atoms with Crippen LogP contribution in [0.15, 0.2) is 0 Å². The fourth-order valence-electron chi connectivity index (χ4n) is 1.89. The van der Waals surface area contributed by atoms with Crippen molar-refractivity contribution in [1.82, 2.24) is 0 Å². The summed E-state index contributed by atoms with van der Waals surface area (Å²) in [5.74, 6) is 0.747. The molecule has 0 aliphatic heterocycles. The molecule has 1 saturated carbocycles. The van der Waals surface area contributed by atoms with Gasteiger partial charge in [-0.15, -0.1) is 0 Å². The lowest BCUT2D eigenvalue weighted by Gasteiger charge is -2.22. The van der Waals surface area contributed by atoms with Gasteiger partial charge >= 0.3 is 0 Å². The van der Waals surface area contributed by atoms with E-state index in [4.69, 9.17) is 5.73 Å². The Kier molecular flexibility index (Phi) is 4.11. The van der Waals surface area contributed by atoms with E-state index in [2.05, 4.69) is 6.92 Å². The number of hydrogen-bond donors (Lipinski definition) is 1. The van der Waals surface area contributed by atoms with Crippen LogP contribution >= 0.6 is 0 Å². The standard InChI is InChI=1S/C12H23NO/c1-3-4-5-6-7-11(14)12(2,13)10-8-9-10/h10H,3-9,13H2,1-2H3. The van der Waals surface area contributed by atoms with Crippen molar-refractivity contribution < 1.29 is 4.79 Å². The first-order chi connectivity index (χ1) is 6.59. The van der Waals surface area contributed by atoms with Crippen LogP contribution in [-0.2, 0) is 4.79 Å². The molecule has 0 heterocycles. The summed E-state index contributed by atoms with van der Waals surface area (Å²) >= 11 is 0. The van der Waals surface area contributed by atoms with E-state index in [1.165, 1.54) is 19.3 Å². The minimum absolute atomic E-state index is 0.274. The summed E-state index contributed by atoms with van der Waals surface area (Å²) in [5.41, 5.74) is 5.51. The van der Waals surface area contributed by atoms with Crippen molar-refractivity contribution in [2.24, 2.45) is 11.7 Å². The first-order valence-electron chi connectivity index (χ1n) is 5.91. The van der Waals surface area contributed by atoms with Gasteiger partial charge in [0.2, 0.25) is 0 Å². The van der Waals surface area contributed by atoms with Crippen molar-refractivity contribution in [2.45, 2.75) is 64.3 Å². The highest BCUT2D eigenvalue weighted by Crippen LogP contribution is 2.39. The minimum Gasteiger partial charge on any atom is -0.319 e. The maximum absolute atomic E-state index is 11.8. The molecule has 1 fully saturated rings. The third-order valence-corrected chi connectivity index (χ3v) is 3.28. The number of Topliss-reactive ketones (excluding diaryl/α,β-unsaturated/α-hetero) is 1. The number of rotatable bonds is 7. The van der Waals surface area contributed by atoms with Gasteiger partial charge in [-0.2, -0.15) is 0 Å². The Morgan fingerprint density at radius 2 is 2.00 bits per heavy atom. The summed E-state index contributed by atoms with van der Waals surface area (Å²) in [6, 6.07) is 0. The molecule has 0 saturated heterocycles. The highest BCUT2D eigenvalue weighted by Gasteiger charge is 2.42. The zero-order valence-corrected chi connectivity index (χ0v) is 9.51. The number of ketones is 1. The van der Waals surface area contributed by atoms with Gasteiger partial charge in [0, 0.05) is 6.42 Å². The maximum Gasteiger partial charge on any atom is 0.152 e. The Hall–Kier alpha value is -0.370. The van der Waals surface area contributed by atoms with Crippen molar-refractivity contribution >= 4 is 5.78 Å². The molecule has 1 aliphatic rings. The summed E-state index contributed by atoms with van der Waals surface area (Å²) in [4.78, 5) is 11.8. The summed E-state index contributed by atoms with van der Waals surface area (Å²) < 4.78 is 0. The number of carbonyl (C=O) groups excluding carboxylic acids is 1. The van der Waals surface area contributed by atoms with E-state index in [1.807, 2.05) is 6.92 Å². The zero-order chi connectivity index (χ0) is 10.6. The molecule has 1 aliphatic carbocycles. The summed E-state index contributed by atoms with van der Waals surface area (Å²) in [7, 11) is 0. The molecule has 0 bridgehead atoms.